The number of nitrogens with one attached hydrogen (secondary N) is 1. The highest BCUT2D eigenvalue weighted by Crippen LogP contribution is 2.24. The molecule has 1 unspecified atom stereocenters. The molecule has 1 aliphatic heterocycles. The van der Waals surface area contributed by atoms with Gasteiger partial charge in [0.25, 0.3) is 0 Å². The van der Waals surface area contributed by atoms with Crippen LogP contribution in [-0.2, 0) is 9.53 Å². The molecule has 1 fully saturated rings. The molecule has 6 nitrogen and oxygen atoms in total. The number of halogens is 2. The third kappa shape index (κ3) is 3.70. The van der Waals surface area contributed by atoms with E-state index in [0.717, 1.165) is 0 Å². The molecular formula is C13H14BrFN2O4. The first-order valence-corrected chi connectivity index (χ1v) is 7.03. The fourth-order valence-corrected chi connectivity index (χ4v) is 2.30. The number of carbonyl (C=O) groups is 2. The van der Waals surface area contributed by atoms with E-state index in [1.165, 1.54) is 17.0 Å². The highest BCUT2D eigenvalue weighted by Gasteiger charge is 2.29. The molecule has 1 aromatic rings. The summed E-state index contributed by atoms with van der Waals surface area (Å²) in [6, 6.07) is 2.34. The first-order chi connectivity index (χ1) is 9.88. The van der Waals surface area contributed by atoms with E-state index in [9.17, 15) is 14.0 Å². The lowest BCUT2D eigenvalue weighted by Gasteiger charge is -2.31. The maximum atomic E-state index is 13.3. The van der Waals surface area contributed by atoms with Crippen LogP contribution in [0.5, 0.6) is 0 Å². The molecule has 0 spiro atoms. The molecule has 2 amide bonds. The molecule has 8 heteroatoms. The van der Waals surface area contributed by atoms with Crippen molar-refractivity contribution in [2.24, 2.45) is 0 Å². The van der Waals surface area contributed by atoms with Crippen molar-refractivity contribution in [2.45, 2.75) is 13.0 Å². The number of aryl methyl sites for hydroxylation is 1. The number of carboxylic acids is 1. The zero-order valence-corrected chi connectivity index (χ0v) is 12.8. The van der Waals surface area contributed by atoms with Crippen molar-refractivity contribution in [1.29, 1.82) is 0 Å². The zero-order valence-electron chi connectivity index (χ0n) is 11.2. The Kier molecular flexibility index (Phi) is 4.79. The Labute approximate surface area is 129 Å². The Hall–Kier alpha value is -1.67. The lowest BCUT2D eigenvalue weighted by molar-refractivity contribution is -0.154. The van der Waals surface area contributed by atoms with Crippen LogP contribution in [0.2, 0.25) is 0 Å². The predicted octanol–water partition coefficient (Wildman–Crippen LogP) is 2.21. The highest BCUT2D eigenvalue weighted by atomic mass is 79.9. The number of rotatable bonds is 2. The van der Waals surface area contributed by atoms with Crippen LogP contribution in [0.15, 0.2) is 16.6 Å². The largest absolute Gasteiger partial charge is 0.479 e. The summed E-state index contributed by atoms with van der Waals surface area (Å²) in [5.74, 6) is -1.52. The molecule has 0 aromatic heterocycles. The quantitative estimate of drug-likeness (QED) is 0.847. The normalized spacial score (nSPS) is 18.4. The number of carbonyl (C=O) groups excluding carboxylic acids is 1. The van der Waals surface area contributed by atoms with Crippen LogP contribution in [0, 0.1) is 12.7 Å². The van der Waals surface area contributed by atoms with Gasteiger partial charge in [-0.25, -0.2) is 14.0 Å². The number of aliphatic carboxylic acids is 1. The van der Waals surface area contributed by atoms with Crippen molar-refractivity contribution < 1.29 is 23.8 Å². The number of morpholine rings is 1. The maximum absolute atomic E-state index is 13.3. The summed E-state index contributed by atoms with van der Waals surface area (Å²) in [6.45, 7) is 2.11. The topological polar surface area (TPSA) is 78.9 Å². The summed E-state index contributed by atoms with van der Waals surface area (Å²) in [5, 5.41) is 11.6. The Morgan fingerprint density at radius 2 is 2.24 bits per heavy atom. The van der Waals surface area contributed by atoms with Gasteiger partial charge in [-0.2, -0.15) is 0 Å². The zero-order chi connectivity index (χ0) is 15.6. The van der Waals surface area contributed by atoms with E-state index < -0.39 is 23.9 Å². The first-order valence-electron chi connectivity index (χ1n) is 6.24. The molecule has 1 heterocycles. The molecule has 1 atom stereocenters. The summed E-state index contributed by atoms with van der Waals surface area (Å²) in [7, 11) is 0. The number of carboxylic acid groups (broad SMARTS) is 1. The van der Waals surface area contributed by atoms with Crippen molar-refractivity contribution in [3.05, 3.63) is 28.0 Å². The van der Waals surface area contributed by atoms with Crippen LogP contribution in [0.25, 0.3) is 0 Å². The number of hydrogen-bond acceptors (Lipinski definition) is 3. The van der Waals surface area contributed by atoms with Gasteiger partial charge in [-0.3, -0.25) is 0 Å². The molecule has 0 bridgehead atoms. The van der Waals surface area contributed by atoms with Gasteiger partial charge >= 0.3 is 12.0 Å². The maximum Gasteiger partial charge on any atom is 0.334 e. The summed E-state index contributed by atoms with van der Waals surface area (Å²) in [5.41, 5.74) is 1.04. The second-order valence-electron chi connectivity index (χ2n) is 4.66. The number of hydrogen-bond donors (Lipinski definition) is 2. The predicted molar refractivity (Wildman–Crippen MR) is 76.8 cm³/mol. The number of urea groups is 1. The van der Waals surface area contributed by atoms with E-state index >= 15 is 0 Å². The fraction of sp³-hybridized carbons (Fsp3) is 0.385. The van der Waals surface area contributed by atoms with E-state index in [1.54, 1.807) is 6.92 Å². The molecule has 21 heavy (non-hydrogen) atoms. The van der Waals surface area contributed by atoms with Gasteiger partial charge in [0.2, 0.25) is 0 Å². The van der Waals surface area contributed by atoms with Gasteiger partial charge in [0.05, 0.1) is 17.6 Å². The second kappa shape index (κ2) is 6.40. The summed E-state index contributed by atoms with van der Waals surface area (Å²) >= 11 is 3.06. The Morgan fingerprint density at radius 3 is 2.90 bits per heavy atom. The molecule has 1 aliphatic rings. The van der Waals surface area contributed by atoms with Gasteiger partial charge in [-0.1, -0.05) is 0 Å². The van der Waals surface area contributed by atoms with Gasteiger partial charge in [-0.15, -0.1) is 0 Å². The standard InChI is InChI=1S/C13H14BrFN2O4/c1-7-4-9(15)8(14)5-10(7)16-13(20)17-2-3-21-11(6-17)12(18)19/h4-5,11H,2-3,6H2,1H3,(H,16,20)(H,18,19). The molecule has 1 saturated heterocycles. The molecule has 0 radical (unpaired) electrons. The minimum Gasteiger partial charge on any atom is -0.479 e. The lowest BCUT2D eigenvalue weighted by atomic mass is 10.2. The van der Waals surface area contributed by atoms with Crippen molar-refractivity contribution in [1.82, 2.24) is 4.90 Å². The van der Waals surface area contributed by atoms with Gasteiger partial charge in [-0.05, 0) is 40.5 Å². The first kappa shape index (κ1) is 15.7. The summed E-state index contributed by atoms with van der Waals surface area (Å²) < 4.78 is 18.6. The third-order valence-electron chi connectivity index (χ3n) is 3.14. The van der Waals surface area contributed by atoms with Crippen LogP contribution < -0.4 is 5.32 Å². The van der Waals surface area contributed by atoms with Crippen molar-refractivity contribution in [3.63, 3.8) is 0 Å². The summed E-state index contributed by atoms with van der Waals surface area (Å²) in [4.78, 5) is 24.4. The van der Waals surface area contributed by atoms with Crippen LogP contribution in [-0.4, -0.2) is 47.8 Å². The van der Waals surface area contributed by atoms with Crippen LogP contribution >= 0.6 is 15.9 Å². The number of ether oxygens (including phenoxy) is 1. The van der Waals surface area contributed by atoms with Gasteiger partial charge in [0, 0.05) is 12.2 Å². The van der Waals surface area contributed by atoms with Crippen LogP contribution in [0.4, 0.5) is 14.9 Å². The average molecular weight is 361 g/mol. The minimum atomic E-state index is -1.10. The molecule has 2 N–H and O–H groups in total. The van der Waals surface area contributed by atoms with Gasteiger partial charge in [0.1, 0.15) is 5.82 Å². The average Bonchev–Trinajstić information content (AvgIpc) is 2.44. The molecule has 0 aliphatic carbocycles. The summed E-state index contributed by atoms with van der Waals surface area (Å²) in [6.07, 6.45) is -1.02. The number of anilines is 1. The molecule has 0 saturated carbocycles. The van der Waals surface area contributed by atoms with E-state index in [2.05, 4.69) is 21.2 Å². The minimum absolute atomic E-state index is 0.0252. The molecule has 114 valence electrons. The SMILES string of the molecule is Cc1cc(F)c(Br)cc1NC(=O)N1CCOC(C(=O)O)C1. The number of benzene rings is 1. The van der Waals surface area contributed by atoms with E-state index in [0.29, 0.717) is 17.8 Å². The molecule has 1 aromatic carbocycles. The lowest BCUT2D eigenvalue weighted by Crippen LogP contribution is -2.50. The van der Waals surface area contributed by atoms with Gasteiger partial charge < -0.3 is 20.1 Å². The highest BCUT2D eigenvalue weighted by molar-refractivity contribution is 9.10. The van der Waals surface area contributed by atoms with E-state index in [4.69, 9.17) is 9.84 Å². The number of amides is 2. The Balaban J connectivity index is 2.07. The van der Waals surface area contributed by atoms with E-state index in [1.807, 2.05) is 0 Å². The second-order valence-corrected chi connectivity index (χ2v) is 5.51. The van der Waals surface area contributed by atoms with Gasteiger partial charge in [0.15, 0.2) is 6.10 Å². The Morgan fingerprint density at radius 1 is 1.52 bits per heavy atom. The molecular weight excluding hydrogens is 347 g/mol. The van der Waals surface area contributed by atoms with E-state index in [-0.39, 0.29) is 17.6 Å². The molecule has 2 rings (SSSR count). The van der Waals surface area contributed by atoms with Crippen LogP contribution in [0.1, 0.15) is 5.56 Å². The Bertz CT molecular complexity index is 582. The van der Waals surface area contributed by atoms with Crippen molar-refractivity contribution in [2.75, 3.05) is 25.0 Å². The number of nitrogens with zero attached hydrogens (tertiary/aromatic N) is 1. The monoisotopic (exact) mass is 360 g/mol. The third-order valence-corrected chi connectivity index (χ3v) is 3.75. The fourth-order valence-electron chi connectivity index (χ4n) is 1.96. The van der Waals surface area contributed by atoms with Crippen LogP contribution in [0.3, 0.4) is 0 Å². The van der Waals surface area contributed by atoms with Crippen molar-refractivity contribution >= 4 is 33.6 Å². The smallest absolute Gasteiger partial charge is 0.334 e. The van der Waals surface area contributed by atoms with Crippen molar-refractivity contribution in [3.8, 4) is 0 Å².